The molecule has 2 aromatic carbocycles. The lowest BCUT2D eigenvalue weighted by atomic mass is 9.87. The summed E-state index contributed by atoms with van der Waals surface area (Å²) in [6.07, 6.45) is 0.0831. The fourth-order valence-corrected chi connectivity index (χ4v) is 4.41. The summed E-state index contributed by atoms with van der Waals surface area (Å²) in [6.45, 7) is 1.86. The first-order valence-electron chi connectivity index (χ1n) is 11.3. The van der Waals surface area contributed by atoms with Crippen molar-refractivity contribution in [3.63, 3.8) is 0 Å². The maximum atomic E-state index is 15.1. The topological polar surface area (TPSA) is 92.6 Å². The Bertz CT molecular complexity index is 1140. The highest BCUT2D eigenvalue weighted by Gasteiger charge is 2.41. The minimum atomic E-state index is -1.53. The Balaban J connectivity index is 1.35. The standard InChI is InChI=1S/C25H25F2N3O4/c26-21-9-20-19-8-17(25(27)13-32-14-25)3-2-15(19)12-34-22(20)7-16(21)6-18(10-28)30-24(31)23-11-29-4-1-5-33-23/h2-3,7-9,18,23,29H,1,4-6,11-14H2,(H,30,31)/t18-,23-/m0/s1. The van der Waals surface area contributed by atoms with E-state index in [9.17, 15) is 14.4 Å². The molecule has 0 radical (unpaired) electrons. The van der Waals surface area contributed by atoms with E-state index in [1.807, 2.05) is 6.07 Å². The fourth-order valence-electron chi connectivity index (χ4n) is 4.41. The molecule has 2 saturated heterocycles. The van der Waals surface area contributed by atoms with Crippen LogP contribution in [0.15, 0.2) is 30.3 Å². The first-order valence-corrected chi connectivity index (χ1v) is 11.3. The number of hydrogen-bond donors (Lipinski definition) is 2. The zero-order chi connectivity index (χ0) is 23.7. The van der Waals surface area contributed by atoms with Gasteiger partial charge in [0.25, 0.3) is 5.91 Å². The lowest BCUT2D eigenvalue weighted by Gasteiger charge is -2.35. The van der Waals surface area contributed by atoms with Gasteiger partial charge in [0.1, 0.15) is 30.3 Å². The number of nitriles is 1. The number of carbonyl (C=O) groups excluding carboxylic acids is 1. The molecule has 34 heavy (non-hydrogen) atoms. The lowest BCUT2D eigenvalue weighted by molar-refractivity contribution is -0.135. The molecule has 9 heteroatoms. The number of rotatable bonds is 5. The molecular weight excluding hydrogens is 444 g/mol. The minimum Gasteiger partial charge on any atom is -0.488 e. The smallest absolute Gasteiger partial charge is 0.251 e. The van der Waals surface area contributed by atoms with Gasteiger partial charge in [-0.15, -0.1) is 0 Å². The number of nitrogens with zero attached hydrogens (tertiary/aromatic N) is 1. The molecule has 2 aromatic rings. The molecule has 0 saturated carbocycles. The van der Waals surface area contributed by atoms with Crippen molar-refractivity contribution in [2.75, 3.05) is 32.9 Å². The van der Waals surface area contributed by atoms with E-state index in [0.29, 0.717) is 30.0 Å². The molecule has 2 fully saturated rings. The van der Waals surface area contributed by atoms with Crippen LogP contribution in [-0.4, -0.2) is 51.0 Å². The van der Waals surface area contributed by atoms with E-state index in [2.05, 4.69) is 10.6 Å². The number of carbonyl (C=O) groups is 1. The summed E-state index contributed by atoms with van der Waals surface area (Å²) in [5.41, 5.74) is 1.31. The first-order chi connectivity index (χ1) is 16.5. The molecule has 0 unspecified atom stereocenters. The van der Waals surface area contributed by atoms with Crippen molar-refractivity contribution in [3.05, 3.63) is 52.8 Å². The van der Waals surface area contributed by atoms with Crippen LogP contribution in [0.4, 0.5) is 8.78 Å². The van der Waals surface area contributed by atoms with E-state index >= 15 is 4.39 Å². The summed E-state index contributed by atoms with van der Waals surface area (Å²) in [7, 11) is 0. The van der Waals surface area contributed by atoms with E-state index in [4.69, 9.17) is 14.2 Å². The van der Waals surface area contributed by atoms with Crippen LogP contribution in [0.2, 0.25) is 0 Å². The van der Waals surface area contributed by atoms with Gasteiger partial charge in [-0.1, -0.05) is 12.1 Å². The average Bonchev–Trinajstić information content (AvgIpc) is 3.12. The molecule has 3 aliphatic rings. The Labute approximate surface area is 196 Å². The summed E-state index contributed by atoms with van der Waals surface area (Å²) >= 11 is 0. The highest BCUT2D eigenvalue weighted by atomic mass is 19.1. The average molecular weight is 469 g/mol. The van der Waals surface area contributed by atoms with Gasteiger partial charge in [0.05, 0.1) is 19.3 Å². The maximum absolute atomic E-state index is 15.1. The SMILES string of the molecule is N#C[C@H](Cc1cc2c(cc1F)-c1cc(C3(F)COC3)ccc1CO2)NC(=O)[C@@H]1CNCCCO1. The van der Waals surface area contributed by atoms with Crippen molar-refractivity contribution < 1.29 is 27.8 Å². The van der Waals surface area contributed by atoms with Crippen LogP contribution in [0.1, 0.15) is 23.1 Å². The molecule has 3 heterocycles. The van der Waals surface area contributed by atoms with Gasteiger partial charge in [0.15, 0.2) is 5.67 Å². The van der Waals surface area contributed by atoms with Crippen molar-refractivity contribution in [2.24, 2.45) is 0 Å². The van der Waals surface area contributed by atoms with E-state index in [-0.39, 0.29) is 31.8 Å². The molecule has 1 amide bonds. The second kappa shape index (κ2) is 9.29. The van der Waals surface area contributed by atoms with Gasteiger partial charge >= 0.3 is 0 Å². The highest BCUT2D eigenvalue weighted by Crippen LogP contribution is 2.42. The number of alkyl halides is 1. The zero-order valence-corrected chi connectivity index (χ0v) is 18.5. The van der Waals surface area contributed by atoms with E-state index in [1.165, 1.54) is 6.07 Å². The monoisotopic (exact) mass is 469 g/mol. The molecule has 178 valence electrons. The molecule has 7 nitrogen and oxygen atoms in total. The van der Waals surface area contributed by atoms with Crippen LogP contribution in [0.25, 0.3) is 11.1 Å². The first kappa shape index (κ1) is 22.7. The van der Waals surface area contributed by atoms with Gasteiger partial charge in [-0.25, -0.2) is 8.78 Å². The Morgan fingerprint density at radius 1 is 1.29 bits per heavy atom. The second-order valence-electron chi connectivity index (χ2n) is 8.87. The van der Waals surface area contributed by atoms with Crippen LogP contribution >= 0.6 is 0 Å². The van der Waals surface area contributed by atoms with Crippen LogP contribution in [0, 0.1) is 17.1 Å². The van der Waals surface area contributed by atoms with Crippen molar-refractivity contribution in [2.45, 2.75) is 37.3 Å². The predicted octanol–water partition coefficient (Wildman–Crippen LogP) is 2.51. The van der Waals surface area contributed by atoms with Gasteiger partial charge in [-0.3, -0.25) is 4.79 Å². The van der Waals surface area contributed by atoms with Gasteiger partial charge in [-0.2, -0.15) is 5.26 Å². The lowest BCUT2D eigenvalue weighted by Crippen LogP contribution is -2.46. The molecule has 5 rings (SSSR count). The van der Waals surface area contributed by atoms with E-state index in [1.54, 1.807) is 24.3 Å². The van der Waals surface area contributed by atoms with E-state index < -0.39 is 29.5 Å². The normalized spacial score (nSPS) is 21.5. The Morgan fingerprint density at radius 2 is 2.15 bits per heavy atom. The summed E-state index contributed by atoms with van der Waals surface area (Å²) in [5.74, 6) is -0.472. The quantitative estimate of drug-likeness (QED) is 0.699. The summed E-state index contributed by atoms with van der Waals surface area (Å²) in [5, 5.41) is 15.3. The maximum Gasteiger partial charge on any atom is 0.251 e. The fraction of sp³-hybridized carbons (Fsp3) is 0.440. The third kappa shape index (κ3) is 4.37. The molecule has 2 atom stereocenters. The number of hydrogen-bond acceptors (Lipinski definition) is 6. The Kier molecular flexibility index (Phi) is 6.21. The summed E-state index contributed by atoms with van der Waals surface area (Å²) in [6, 6.07) is 9.25. The minimum absolute atomic E-state index is 0.00563. The molecule has 0 bridgehead atoms. The number of halogens is 2. The van der Waals surface area contributed by atoms with Gasteiger partial charge in [0.2, 0.25) is 0 Å². The summed E-state index contributed by atoms with van der Waals surface area (Å²) in [4.78, 5) is 12.5. The van der Waals surface area contributed by atoms with Crippen molar-refractivity contribution in [1.29, 1.82) is 5.26 Å². The molecule has 2 N–H and O–H groups in total. The zero-order valence-electron chi connectivity index (χ0n) is 18.5. The Hall–Kier alpha value is -3.06. The Morgan fingerprint density at radius 3 is 2.91 bits per heavy atom. The number of amides is 1. The molecule has 3 aliphatic heterocycles. The van der Waals surface area contributed by atoms with E-state index in [0.717, 1.165) is 24.1 Å². The van der Waals surface area contributed by atoms with Gasteiger partial charge < -0.3 is 24.8 Å². The number of fused-ring (bicyclic) bond motifs is 3. The highest BCUT2D eigenvalue weighted by molar-refractivity contribution is 5.82. The molecule has 0 aliphatic carbocycles. The van der Waals surface area contributed by atoms with Gasteiger partial charge in [0, 0.05) is 25.1 Å². The predicted molar refractivity (Wildman–Crippen MR) is 118 cm³/mol. The second-order valence-corrected chi connectivity index (χ2v) is 8.87. The van der Waals surface area contributed by atoms with Crippen molar-refractivity contribution >= 4 is 5.91 Å². The molecule has 0 spiro atoms. The molecular formula is C25H25F2N3O4. The van der Waals surface area contributed by atoms with Crippen molar-refractivity contribution in [1.82, 2.24) is 10.6 Å². The number of benzene rings is 2. The third-order valence-electron chi connectivity index (χ3n) is 6.45. The van der Waals surface area contributed by atoms with Gasteiger partial charge in [-0.05, 0) is 53.4 Å². The van der Waals surface area contributed by atoms with Crippen LogP contribution in [0.3, 0.4) is 0 Å². The van der Waals surface area contributed by atoms with Crippen LogP contribution in [-0.2, 0) is 33.0 Å². The number of nitrogens with one attached hydrogen (secondary N) is 2. The van der Waals surface area contributed by atoms with Crippen molar-refractivity contribution in [3.8, 4) is 22.9 Å². The van der Waals surface area contributed by atoms with Crippen LogP contribution in [0.5, 0.6) is 5.75 Å². The van der Waals surface area contributed by atoms with Crippen LogP contribution < -0.4 is 15.4 Å². The third-order valence-corrected chi connectivity index (χ3v) is 6.45. The summed E-state index contributed by atoms with van der Waals surface area (Å²) < 4.78 is 46.4. The number of ether oxygens (including phenoxy) is 3. The molecule has 0 aromatic heterocycles. The largest absolute Gasteiger partial charge is 0.488 e.